The molecule has 132 valence electrons. The molecule has 0 saturated carbocycles. The molecule has 0 N–H and O–H groups in total. The van der Waals surface area contributed by atoms with Gasteiger partial charge in [-0.25, -0.2) is 9.59 Å². The Hall–Kier alpha value is -2.25. The summed E-state index contributed by atoms with van der Waals surface area (Å²) in [5, 5.41) is 0. The van der Waals surface area contributed by atoms with Crippen molar-refractivity contribution in [3.8, 4) is 0 Å². The second-order valence-electron chi connectivity index (χ2n) is 5.54. The molecule has 1 aliphatic rings. The summed E-state index contributed by atoms with van der Waals surface area (Å²) in [6.07, 6.45) is -6.02. The summed E-state index contributed by atoms with van der Waals surface area (Å²) in [5.41, 5.74) is 0.741. The lowest BCUT2D eigenvalue weighted by atomic mass is 9.90. The molecule has 5 nitrogen and oxygen atoms in total. The number of hydrogen-bond acceptors (Lipinski definition) is 4. The molecule has 0 unspecified atom stereocenters. The van der Waals surface area contributed by atoms with Crippen LogP contribution < -0.4 is 0 Å². The number of amides is 1. The maximum atomic E-state index is 12.9. The van der Waals surface area contributed by atoms with Gasteiger partial charge in [0, 0.05) is 6.54 Å². The Kier molecular flexibility index (Phi) is 5.69. The van der Waals surface area contributed by atoms with E-state index in [9.17, 15) is 22.8 Å². The van der Waals surface area contributed by atoms with Crippen LogP contribution in [-0.2, 0) is 20.9 Å². The monoisotopic (exact) mass is 345 g/mol. The molecule has 0 bridgehead atoms. The molecule has 1 heterocycles. The SMILES string of the molecule is COC(=O)[C@@H]1C[C@H](C(F)(F)F)CCN1C(=O)OCc1ccccc1. The average Bonchev–Trinajstić information content (AvgIpc) is 2.58. The van der Waals surface area contributed by atoms with Crippen LogP contribution in [0.4, 0.5) is 18.0 Å². The standard InChI is InChI=1S/C16H18F3NO4/c1-23-14(21)13-9-12(16(17,18)19)7-8-20(13)15(22)24-10-11-5-3-2-4-6-11/h2-6,12-13H,7-10H2,1H3/t12-,13+/m1/s1. The number of benzene rings is 1. The van der Waals surface area contributed by atoms with Crippen molar-refractivity contribution in [1.29, 1.82) is 0 Å². The highest BCUT2D eigenvalue weighted by Gasteiger charge is 2.48. The summed E-state index contributed by atoms with van der Waals surface area (Å²) in [6.45, 7) is -0.232. The molecule has 0 radical (unpaired) electrons. The summed E-state index contributed by atoms with van der Waals surface area (Å²) < 4.78 is 48.3. The van der Waals surface area contributed by atoms with Crippen molar-refractivity contribution in [2.24, 2.45) is 5.92 Å². The van der Waals surface area contributed by atoms with Crippen molar-refractivity contribution < 1.29 is 32.2 Å². The topological polar surface area (TPSA) is 55.8 Å². The molecular weight excluding hydrogens is 327 g/mol. The molecule has 24 heavy (non-hydrogen) atoms. The summed E-state index contributed by atoms with van der Waals surface area (Å²) in [4.78, 5) is 25.0. The van der Waals surface area contributed by atoms with Crippen molar-refractivity contribution in [2.45, 2.75) is 31.7 Å². The van der Waals surface area contributed by atoms with Gasteiger partial charge in [0.15, 0.2) is 0 Å². The van der Waals surface area contributed by atoms with Gasteiger partial charge in [-0.15, -0.1) is 0 Å². The zero-order valence-corrected chi connectivity index (χ0v) is 13.1. The highest BCUT2D eigenvalue weighted by Crippen LogP contribution is 2.37. The van der Waals surface area contributed by atoms with Crippen LogP contribution in [-0.4, -0.2) is 42.8 Å². The number of piperidine rings is 1. The number of nitrogens with zero attached hydrogens (tertiary/aromatic N) is 1. The smallest absolute Gasteiger partial charge is 0.410 e. The number of methoxy groups -OCH3 is 1. The van der Waals surface area contributed by atoms with Gasteiger partial charge >= 0.3 is 18.2 Å². The number of carbonyl (C=O) groups excluding carboxylic acids is 2. The first-order valence-corrected chi connectivity index (χ1v) is 7.44. The Balaban J connectivity index is 2.03. The van der Waals surface area contributed by atoms with Crippen molar-refractivity contribution in [1.82, 2.24) is 4.90 Å². The number of likely N-dealkylation sites (tertiary alicyclic amines) is 1. The molecule has 0 aliphatic carbocycles. The van der Waals surface area contributed by atoms with Gasteiger partial charge in [-0.05, 0) is 18.4 Å². The second kappa shape index (κ2) is 7.55. The Morgan fingerprint density at radius 2 is 1.92 bits per heavy atom. The van der Waals surface area contributed by atoms with Crippen LogP contribution in [0.3, 0.4) is 0 Å². The van der Waals surface area contributed by atoms with Crippen molar-refractivity contribution in [3.05, 3.63) is 35.9 Å². The van der Waals surface area contributed by atoms with Gasteiger partial charge in [0.25, 0.3) is 0 Å². The van der Waals surface area contributed by atoms with Crippen LogP contribution in [0.15, 0.2) is 30.3 Å². The Morgan fingerprint density at radius 3 is 2.50 bits per heavy atom. The molecular formula is C16H18F3NO4. The molecule has 1 fully saturated rings. The van der Waals surface area contributed by atoms with Crippen LogP contribution in [0, 0.1) is 5.92 Å². The Morgan fingerprint density at radius 1 is 1.25 bits per heavy atom. The second-order valence-corrected chi connectivity index (χ2v) is 5.54. The van der Waals surface area contributed by atoms with E-state index in [2.05, 4.69) is 4.74 Å². The van der Waals surface area contributed by atoms with Crippen LogP contribution in [0.1, 0.15) is 18.4 Å². The first kappa shape index (κ1) is 18.1. The zero-order valence-electron chi connectivity index (χ0n) is 13.1. The minimum absolute atomic E-state index is 0.0211. The van der Waals surface area contributed by atoms with E-state index in [1.54, 1.807) is 30.3 Å². The molecule has 1 amide bonds. The molecule has 1 aliphatic heterocycles. The first-order chi connectivity index (χ1) is 11.3. The van der Waals surface area contributed by atoms with Crippen molar-refractivity contribution in [3.63, 3.8) is 0 Å². The average molecular weight is 345 g/mol. The fourth-order valence-electron chi connectivity index (χ4n) is 2.64. The van der Waals surface area contributed by atoms with E-state index in [-0.39, 0.29) is 19.6 Å². The van der Waals surface area contributed by atoms with Crippen LogP contribution in [0.25, 0.3) is 0 Å². The minimum Gasteiger partial charge on any atom is -0.467 e. The number of esters is 1. The highest BCUT2D eigenvalue weighted by atomic mass is 19.4. The Bertz CT molecular complexity index is 576. The van der Waals surface area contributed by atoms with Gasteiger partial charge in [0.05, 0.1) is 13.0 Å². The van der Waals surface area contributed by atoms with E-state index >= 15 is 0 Å². The Labute approximate surface area is 137 Å². The van der Waals surface area contributed by atoms with Gasteiger partial charge in [-0.1, -0.05) is 30.3 Å². The number of hydrogen-bond donors (Lipinski definition) is 0. The third-order valence-corrected chi connectivity index (χ3v) is 3.98. The fourth-order valence-corrected chi connectivity index (χ4v) is 2.64. The summed E-state index contributed by atoms with van der Waals surface area (Å²) in [5.74, 6) is -2.51. The third kappa shape index (κ3) is 4.39. The van der Waals surface area contributed by atoms with Crippen LogP contribution in [0.5, 0.6) is 0 Å². The summed E-state index contributed by atoms with van der Waals surface area (Å²) >= 11 is 0. The molecule has 8 heteroatoms. The maximum Gasteiger partial charge on any atom is 0.410 e. The van der Waals surface area contributed by atoms with Crippen LogP contribution >= 0.6 is 0 Å². The zero-order chi connectivity index (χ0) is 17.7. The van der Waals surface area contributed by atoms with Gasteiger partial charge < -0.3 is 9.47 Å². The molecule has 0 spiro atoms. The van der Waals surface area contributed by atoms with E-state index in [0.29, 0.717) is 0 Å². The maximum absolute atomic E-state index is 12.9. The number of halogens is 3. The van der Waals surface area contributed by atoms with E-state index in [1.165, 1.54) is 0 Å². The van der Waals surface area contributed by atoms with Gasteiger partial charge in [-0.2, -0.15) is 13.2 Å². The molecule has 1 saturated heterocycles. The lowest BCUT2D eigenvalue weighted by molar-refractivity contribution is -0.191. The van der Waals surface area contributed by atoms with Crippen LogP contribution in [0.2, 0.25) is 0 Å². The molecule has 2 rings (SSSR count). The number of ether oxygens (including phenoxy) is 2. The van der Waals surface area contributed by atoms with E-state index in [4.69, 9.17) is 4.74 Å². The van der Waals surface area contributed by atoms with E-state index in [1.807, 2.05) is 0 Å². The first-order valence-electron chi connectivity index (χ1n) is 7.44. The normalized spacial score (nSPS) is 21.2. The fraction of sp³-hybridized carbons (Fsp3) is 0.500. The lowest BCUT2D eigenvalue weighted by Gasteiger charge is -2.37. The predicted octanol–water partition coefficient (Wildman–Crippen LogP) is 3.14. The van der Waals surface area contributed by atoms with Gasteiger partial charge in [0.1, 0.15) is 12.6 Å². The predicted molar refractivity (Wildman–Crippen MR) is 77.9 cm³/mol. The van der Waals surface area contributed by atoms with E-state index < -0.39 is 36.6 Å². The third-order valence-electron chi connectivity index (χ3n) is 3.98. The number of carbonyl (C=O) groups is 2. The van der Waals surface area contributed by atoms with Gasteiger partial charge in [0.2, 0.25) is 0 Å². The highest BCUT2D eigenvalue weighted by molar-refractivity contribution is 5.81. The molecule has 1 aromatic rings. The number of rotatable bonds is 3. The quantitative estimate of drug-likeness (QED) is 0.790. The molecule has 1 aromatic carbocycles. The van der Waals surface area contributed by atoms with Crippen molar-refractivity contribution >= 4 is 12.1 Å². The number of alkyl halides is 3. The molecule has 0 aromatic heterocycles. The van der Waals surface area contributed by atoms with Crippen molar-refractivity contribution in [2.75, 3.05) is 13.7 Å². The molecule has 2 atom stereocenters. The lowest BCUT2D eigenvalue weighted by Crippen LogP contribution is -2.52. The minimum atomic E-state index is -4.41. The largest absolute Gasteiger partial charge is 0.467 e. The summed E-state index contributed by atoms with van der Waals surface area (Å²) in [7, 11) is 1.08. The van der Waals surface area contributed by atoms with Gasteiger partial charge in [-0.3, -0.25) is 4.90 Å². The summed E-state index contributed by atoms with van der Waals surface area (Å²) in [6, 6.07) is 7.56. The van der Waals surface area contributed by atoms with E-state index in [0.717, 1.165) is 17.6 Å².